The van der Waals surface area contributed by atoms with Crippen molar-refractivity contribution in [1.29, 1.82) is 0 Å². The van der Waals surface area contributed by atoms with E-state index in [9.17, 15) is 9.90 Å². The SMILES string of the molecule is CC(NC(=O)[C@H]1NCC[C@@H]1O)C(C)(C)C. The molecular weight excluding hydrogens is 192 g/mol. The second-order valence-electron chi connectivity index (χ2n) is 5.38. The summed E-state index contributed by atoms with van der Waals surface area (Å²) in [5, 5.41) is 15.5. The van der Waals surface area contributed by atoms with Gasteiger partial charge in [-0.15, -0.1) is 0 Å². The van der Waals surface area contributed by atoms with E-state index in [-0.39, 0.29) is 17.4 Å². The third-order valence-corrected chi connectivity index (χ3v) is 3.13. The highest BCUT2D eigenvalue weighted by atomic mass is 16.3. The van der Waals surface area contributed by atoms with Gasteiger partial charge in [-0.05, 0) is 25.3 Å². The fraction of sp³-hybridized carbons (Fsp3) is 0.909. The molecule has 0 aromatic heterocycles. The number of nitrogens with one attached hydrogen (secondary N) is 2. The molecule has 3 atom stereocenters. The maximum atomic E-state index is 11.8. The Morgan fingerprint density at radius 2 is 2.13 bits per heavy atom. The van der Waals surface area contributed by atoms with Gasteiger partial charge in [-0.1, -0.05) is 20.8 Å². The van der Waals surface area contributed by atoms with E-state index in [0.717, 1.165) is 0 Å². The Kier molecular flexibility index (Phi) is 3.73. The van der Waals surface area contributed by atoms with E-state index in [1.54, 1.807) is 0 Å². The topological polar surface area (TPSA) is 61.4 Å². The molecule has 1 unspecified atom stereocenters. The van der Waals surface area contributed by atoms with Crippen molar-refractivity contribution < 1.29 is 9.90 Å². The summed E-state index contributed by atoms with van der Waals surface area (Å²) in [6, 6.07) is -0.339. The first-order chi connectivity index (χ1) is 6.82. The van der Waals surface area contributed by atoms with Crippen LogP contribution in [0, 0.1) is 5.41 Å². The van der Waals surface area contributed by atoms with Crippen molar-refractivity contribution in [1.82, 2.24) is 10.6 Å². The second-order valence-corrected chi connectivity index (χ2v) is 5.38. The number of carbonyl (C=O) groups is 1. The van der Waals surface area contributed by atoms with Gasteiger partial charge in [0.25, 0.3) is 0 Å². The molecule has 0 aromatic rings. The first-order valence-corrected chi connectivity index (χ1v) is 5.54. The molecule has 88 valence electrons. The molecule has 3 N–H and O–H groups in total. The molecule has 15 heavy (non-hydrogen) atoms. The van der Waals surface area contributed by atoms with Gasteiger partial charge in [0.05, 0.1) is 6.10 Å². The molecule has 1 heterocycles. The lowest BCUT2D eigenvalue weighted by Crippen LogP contribution is -2.51. The van der Waals surface area contributed by atoms with Crippen LogP contribution in [0.15, 0.2) is 0 Å². The van der Waals surface area contributed by atoms with Crippen LogP contribution in [-0.2, 0) is 4.79 Å². The molecule has 0 radical (unpaired) electrons. The molecule has 4 nitrogen and oxygen atoms in total. The van der Waals surface area contributed by atoms with Gasteiger partial charge in [0, 0.05) is 6.04 Å². The number of aliphatic hydroxyl groups excluding tert-OH is 1. The second kappa shape index (κ2) is 4.49. The molecule has 0 aliphatic carbocycles. The standard InChI is InChI=1S/C11H22N2O2/c1-7(11(2,3)4)13-10(15)9-8(14)5-6-12-9/h7-9,12,14H,5-6H2,1-4H3,(H,13,15)/t7?,8-,9-/m0/s1. The summed E-state index contributed by atoms with van der Waals surface area (Å²) in [4.78, 5) is 11.8. The molecule has 1 fully saturated rings. The summed E-state index contributed by atoms with van der Waals surface area (Å²) in [6.07, 6.45) is 0.110. The average Bonchev–Trinajstić information content (AvgIpc) is 2.49. The fourth-order valence-electron chi connectivity index (χ4n) is 1.48. The van der Waals surface area contributed by atoms with Crippen molar-refractivity contribution >= 4 is 5.91 Å². The molecule has 0 saturated carbocycles. The summed E-state index contributed by atoms with van der Waals surface area (Å²) < 4.78 is 0. The predicted octanol–water partition coefficient (Wildman–Crippen LogP) is 0.260. The largest absolute Gasteiger partial charge is 0.391 e. The zero-order valence-electron chi connectivity index (χ0n) is 10.0. The van der Waals surface area contributed by atoms with Gasteiger partial charge in [0.2, 0.25) is 5.91 Å². The zero-order valence-corrected chi connectivity index (χ0v) is 10.0. The first kappa shape index (κ1) is 12.5. The van der Waals surface area contributed by atoms with Crippen LogP contribution in [0.3, 0.4) is 0 Å². The van der Waals surface area contributed by atoms with Crippen molar-refractivity contribution in [3.63, 3.8) is 0 Å². The minimum Gasteiger partial charge on any atom is -0.391 e. The van der Waals surface area contributed by atoms with E-state index in [2.05, 4.69) is 31.4 Å². The summed E-state index contributed by atoms with van der Waals surface area (Å²) in [6.45, 7) is 8.94. The molecule has 1 aliphatic rings. The van der Waals surface area contributed by atoms with Gasteiger partial charge in [0.1, 0.15) is 6.04 Å². The van der Waals surface area contributed by atoms with Gasteiger partial charge in [0.15, 0.2) is 0 Å². The van der Waals surface area contributed by atoms with E-state index in [1.807, 2.05) is 6.92 Å². The van der Waals surface area contributed by atoms with Crippen LogP contribution in [-0.4, -0.2) is 35.7 Å². The fourth-order valence-corrected chi connectivity index (χ4v) is 1.48. The third-order valence-electron chi connectivity index (χ3n) is 3.13. The van der Waals surface area contributed by atoms with Crippen molar-refractivity contribution in [2.75, 3.05) is 6.54 Å². The van der Waals surface area contributed by atoms with Crippen LogP contribution in [0.1, 0.15) is 34.1 Å². The van der Waals surface area contributed by atoms with Crippen LogP contribution in [0.4, 0.5) is 0 Å². The van der Waals surface area contributed by atoms with Crippen molar-refractivity contribution in [3.8, 4) is 0 Å². The Bertz CT molecular complexity index is 235. The summed E-state index contributed by atoms with van der Waals surface area (Å²) >= 11 is 0. The van der Waals surface area contributed by atoms with Crippen LogP contribution in [0.2, 0.25) is 0 Å². The van der Waals surface area contributed by atoms with E-state index >= 15 is 0 Å². The van der Waals surface area contributed by atoms with Crippen LogP contribution in [0.25, 0.3) is 0 Å². The van der Waals surface area contributed by atoms with Crippen molar-refractivity contribution in [3.05, 3.63) is 0 Å². The Hall–Kier alpha value is -0.610. The normalized spacial score (nSPS) is 28.9. The van der Waals surface area contributed by atoms with E-state index in [1.165, 1.54) is 0 Å². The quantitative estimate of drug-likeness (QED) is 0.618. The number of rotatable bonds is 2. The highest BCUT2D eigenvalue weighted by Crippen LogP contribution is 2.19. The number of amides is 1. The Morgan fingerprint density at radius 1 is 1.53 bits per heavy atom. The Labute approximate surface area is 91.4 Å². The van der Waals surface area contributed by atoms with E-state index < -0.39 is 12.1 Å². The van der Waals surface area contributed by atoms with Gasteiger partial charge in [-0.25, -0.2) is 0 Å². The third kappa shape index (κ3) is 3.18. The molecule has 4 heteroatoms. The zero-order chi connectivity index (χ0) is 11.6. The first-order valence-electron chi connectivity index (χ1n) is 5.54. The highest BCUT2D eigenvalue weighted by Gasteiger charge is 2.33. The smallest absolute Gasteiger partial charge is 0.240 e. The van der Waals surface area contributed by atoms with E-state index in [0.29, 0.717) is 13.0 Å². The molecule has 0 aromatic carbocycles. The number of hydrogen-bond donors (Lipinski definition) is 3. The lowest BCUT2D eigenvalue weighted by Gasteiger charge is -2.29. The van der Waals surface area contributed by atoms with Gasteiger partial charge in [-0.3, -0.25) is 4.79 Å². The molecule has 1 aliphatic heterocycles. The maximum Gasteiger partial charge on any atom is 0.240 e. The summed E-state index contributed by atoms with van der Waals surface area (Å²) in [5.41, 5.74) is 0.0409. The molecule has 0 spiro atoms. The monoisotopic (exact) mass is 214 g/mol. The van der Waals surface area contributed by atoms with Gasteiger partial charge in [-0.2, -0.15) is 0 Å². The van der Waals surface area contributed by atoms with Crippen LogP contribution >= 0.6 is 0 Å². The number of hydrogen-bond acceptors (Lipinski definition) is 3. The minimum absolute atomic E-state index is 0.0409. The lowest BCUT2D eigenvalue weighted by molar-refractivity contribution is -0.126. The average molecular weight is 214 g/mol. The predicted molar refractivity (Wildman–Crippen MR) is 59.5 cm³/mol. The molecule has 1 amide bonds. The minimum atomic E-state index is -0.544. The number of carbonyl (C=O) groups excluding carboxylic acids is 1. The summed E-state index contributed by atoms with van der Waals surface area (Å²) in [7, 11) is 0. The van der Waals surface area contributed by atoms with Crippen molar-refractivity contribution in [2.24, 2.45) is 5.41 Å². The Morgan fingerprint density at radius 3 is 2.53 bits per heavy atom. The maximum absolute atomic E-state index is 11.8. The lowest BCUT2D eigenvalue weighted by atomic mass is 9.88. The molecular formula is C11H22N2O2. The summed E-state index contributed by atoms with van der Waals surface area (Å²) in [5.74, 6) is -0.0950. The van der Waals surface area contributed by atoms with Gasteiger partial charge < -0.3 is 15.7 Å². The van der Waals surface area contributed by atoms with Crippen molar-refractivity contribution in [2.45, 2.75) is 52.3 Å². The van der Waals surface area contributed by atoms with Gasteiger partial charge >= 0.3 is 0 Å². The van der Waals surface area contributed by atoms with Crippen LogP contribution in [0.5, 0.6) is 0 Å². The Balaban J connectivity index is 2.48. The molecule has 1 saturated heterocycles. The molecule has 1 rings (SSSR count). The molecule has 0 bridgehead atoms. The highest BCUT2D eigenvalue weighted by molar-refractivity contribution is 5.83. The van der Waals surface area contributed by atoms with Crippen LogP contribution < -0.4 is 10.6 Å². The number of aliphatic hydroxyl groups is 1. The van der Waals surface area contributed by atoms with E-state index in [4.69, 9.17) is 0 Å².